The third-order valence-corrected chi connectivity index (χ3v) is 5.80. The Hall–Kier alpha value is -0.360. The van der Waals surface area contributed by atoms with Crippen LogP contribution < -0.4 is 5.43 Å². The summed E-state index contributed by atoms with van der Waals surface area (Å²) in [7, 11) is -7.21. The SMILES string of the molecule is CC(C)CN(NC(=O)[C@@H]1C[C@@H](S)CN1S(C)(=O)=O)S(C)(=O)=O. The molecule has 1 saturated heterocycles. The monoisotopic (exact) mass is 373 g/mol. The predicted molar refractivity (Wildman–Crippen MR) is 87.3 cm³/mol. The van der Waals surface area contributed by atoms with E-state index in [2.05, 4.69) is 18.1 Å². The first-order valence-corrected chi connectivity index (χ1v) is 11.0. The van der Waals surface area contributed by atoms with Crippen molar-refractivity contribution in [3.63, 3.8) is 0 Å². The fraction of sp³-hybridized carbons (Fsp3) is 0.909. The number of thiol groups is 1. The molecule has 1 heterocycles. The van der Waals surface area contributed by atoms with E-state index in [4.69, 9.17) is 0 Å². The predicted octanol–water partition coefficient (Wildman–Crippen LogP) is -0.732. The fourth-order valence-electron chi connectivity index (χ4n) is 2.18. The molecule has 1 amide bonds. The summed E-state index contributed by atoms with van der Waals surface area (Å²) in [5.74, 6) is -0.657. The van der Waals surface area contributed by atoms with E-state index in [1.165, 1.54) is 0 Å². The first-order valence-electron chi connectivity index (χ1n) is 6.75. The van der Waals surface area contributed by atoms with Crippen LogP contribution in [0.1, 0.15) is 20.3 Å². The van der Waals surface area contributed by atoms with Gasteiger partial charge in [0, 0.05) is 18.3 Å². The van der Waals surface area contributed by atoms with Crippen molar-refractivity contribution in [1.82, 2.24) is 14.1 Å². The molecule has 0 radical (unpaired) electrons. The maximum Gasteiger partial charge on any atom is 0.253 e. The average molecular weight is 374 g/mol. The minimum Gasteiger partial charge on any atom is -0.274 e. The number of hydrazine groups is 1. The summed E-state index contributed by atoms with van der Waals surface area (Å²) in [4.78, 5) is 12.3. The van der Waals surface area contributed by atoms with Crippen LogP contribution in [0.4, 0.5) is 0 Å². The van der Waals surface area contributed by atoms with Crippen LogP contribution in [-0.2, 0) is 24.8 Å². The van der Waals surface area contributed by atoms with Gasteiger partial charge in [-0.3, -0.25) is 10.2 Å². The quantitative estimate of drug-likeness (QED) is 0.472. The van der Waals surface area contributed by atoms with Crippen molar-refractivity contribution >= 4 is 38.6 Å². The van der Waals surface area contributed by atoms with E-state index in [0.717, 1.165) is 21.2 Å². The molecule has 0 spiro atoms. The van der Waals surface area contributed by atoms with Gasteiger partial charge in [-0.1, -0.05) is 13.8 Å². The number of hydrogen-bond donors (Lipinski definition) is 2. The Labute approximate surface area is 137 Å². The highest BCUT2D eigenvalue weighted by Gasteiger charge is 2.41. The molecule has 0 saturated carbocycles. The van der Waals surface area contributed by atoms with Gasteiger partial charge in [-0.15, -0.1) is 4.41 Å². The molecule has 0 bridgehead atoms. The van der Waals surface area contributed by atoms with E-state index in [1.807, 2.05) is 13.8 Å². The van der Waals surface area contributed by atoms with Crippen LogP contribution in [0.3, 0.4) is 0 Å². The van der Waals surface area contributed by atoms with Gasteiger partial charge >= 0.3 is 0 Å². The summed E-state index contributed by atoms with van der Waals surface area (Å²) in [6.45, 7) is 3.86. The average Bonchev–Trinajstić information content (AvgIpc) is 2.68. The number of rotatable bonds is 6. The normalized spacial score (nSPS) is 24.1. The number of amides is 1. The van der Waals surface area contributed by atoms with Crippen molar-refractivity contribution in [2.75, 3.05) is 25.6 Å². The highest BCUT2D eigenvalue weighted by Crippen LogP contribution is 2.24. The lowest BCUT2D eigenvalue weighted by molar-refractivity contribution is -0.127. The molecule has 0 aliphatic carbocycles. The number of nitrogens with zero attached hydrogens (tertiary/aromatic N) is 2. The molecule has 22 heavy (non-hydrogen) atoms. The van der Waals surface area contributed by atoms with E-state index < -0.39 is 32.0 Å². The highest BCUT2D eigenvalue weighted by atomic mass is 32.2. The van der Waals surface area contributed by atoms with Crippen molar-refractivity contribution in [2.24, 2.45) is 5.92 Å². The topological polar surface area (TPSA) is 104 Å². The molecular formula is C11H23N3O5S3. The number of sulfonamides is 2. The number of nitrogens with one attached hydrogen (secondary N) is 1. The van der Waals surface area contributed by atoms with Gasteiger partial charge in [0.25, 0.3) is 5.91 Å². The van der Waals surface area contributed by atoms with E-state index in [-0.39, 0.29) is 30.7 Å². The Morgan fingerprint density at radius 3 is 2.27 bits per heavy atom. The number of hydrogen-bond acceptors (Lipinski definition) is 6. The van der Waals surface area contributed by atoms with Crippen LogP contribution in [0.2, 0.25) is 0 Å². The maximum atomic E-state index is 12.3. The van der Waals surface area contributed by atoms with Crippen LogP contribution in [0.25, 0.3) is 0 Å². The lowest BCUT2D eigenvalue weighted by Crippen LogP contribution is -2.53. The second-order valence-corrected chi connectivity index (χ2v) is 10.5. The minimum absolute atomic E-state index is 0.00208. The number of carbonyl (C=O) groups excluding carboxylic acids is 1. The minimum atomic E-state index is -3.64. The second kappa shape index (κ2) is 7.04. The lowest BCUT2D eigenvalue weighted by Gasteiger charge is -2.26. The van der Waals surface area contributed by atoms with Gasteiger partial charge in [0.2, 0.25) is 20.0 Å². The Balaban J connectivity index is 2.94. The Morgan fingerprint density at radius 2 is 1.86 bits per heavy atom. The summed E-state index contributed by atoms with van der Waals surface area (Å²) in [5, 5.41) is -0.262. The van der Waals surface area contributed by atoms with Crippen molar-refractivity contribution in [3.8, 4) is 0 Å². The van der Waals surface area contributed by atoms with Crippen LogP contribution in [0.5, 0.6) is 0 Å². The van der Waals surface area contributed by atoms with E-state index in [9.17, 15) is 21.6 Å². The van der Waals surface area contributed by atoms with Gasteiger partial charge in [0.15, 0.2) is 0 Å². The Kier molecular flexibility index (Phi) is 6.30. The molecule has 130 valence electrons. The van der Waals surface area contributed by atoms with Gasteiger partial charge in [-0.05, 0) is 12.3 Å². The Morgan fingerprint density at radius 1 is 1.32 bits per heavy atom. The summed E-state index contributed by atoms with van der Waals surface area (Å²) < 4.78 is 48.8. The van der Waals surface area contributed by atoms with Crippen molar-refractivity contribution < 1.29 is 21.6 Å². The first-order chi connectivity index (χ1) is 9.82. The standard InChI is InChI=1S/C11H23N3O5S3/c1-8(2)6-14(22(4,18)19)12-11(15)10-5-9(20)7-13(10)21(3,16)17/h8-10,20H,5-7H2,1-4H3,(H,12,15)/t9-,10+/m1/s1. The third kappa shape index (κ3) is 5.37. The van der Waals surface area contributed by atoms with Crippen LogP contribution >= 0.6 is 12.6 Å². The van der Waals surface area contributed by atoms with Crippen LogP contribution in [0.15, 0.2) is 0 Å². The first kappa shape index (κ1) is 19.7. The molecule has 1 fully saturated rings. The third-order valence-electron chi connectivity index (χ3n) is 3.13. The second-order valence-electron chi connectivity index (χ2n) is 5.90. The van der Waals surface area contributed by atoms with Crippen molar-refractivity contribution in [3.05, 3.63) is 0 Å². The zero-order valence-electron chi connectivity index (χ0n) is 13.1. The zero-order chi connectivity index (χ0) is 17.3. The van der Waals surface area contributed by atoms with Gasteiger partial charge in [-0.25, -0.2) is 16.8 Å². The molecule has 1 aliphatic rings. The number of carbonyl (C=O) groups is 1. The summed E-state index contributed by atoms with van der Waals surface area (Å²) >= 11 is 4.22. The van der Waals surface area contributed by atoms with Crippen molar-refractivity contribution in [1.29, 1.82) is 0 Å². The zero-order valence-corrected chi connectivity index (χ0v) is 15.6. The molecule has 1 aliphatic heterocycles. The lowest BCUT2D eigenvalue weighted by atomic mass is 10.2. The molecule has 8 nitrogen and oxygen atoms in total. The fourth-order valence-corrected chi connectivity index (χ4v) is 4.59. The van der Waals surface area contributed by atoms with E-state index in [0.29, 0.717) is 0 Å². The summed E-state index contributed by atoms with van der Waals surface area (Å²) in [6, 6.07) is -0.950. The van der Waals surface area contributed by atoms with Crippen molar-refractivity contribution in [2.45, 2.75) is 31.6 Å². The molecular weight excluding hydrogens is 350 g/mol. The molecule has 11 heteroatoms. The van der Waals surface area contributed by atoms with Gasteiger partial charge < -0.3 is 0 Å². The van der Waals surface area contributed by atoms with Gasteiger partial charge in [0.1, 0.15) is 6.04 Å². The summed E-state index contributed by atoms with van der Waals surface area (Å²) in [6.07, 6.45) is 2.24. The molecule has 1 N–H and O–H groups in total. The molecule has 2 atom stereocenters. The van der Waals surface area contributed by atoms with Gasteiger partial charge in [-0.2, -0.15) is 16.9 Å². The summed E-state index contributed by atoms with van der Waals surface area (Å²) in [5.41, 5.74) is 2.32. The molecule has 1 rings (SSSR count). The highest BCUT2D eigenvalue weighted by molar-refractivity contribution is 7.88. The van der Waals surface area contributed by atoms with Crippen LogP contribution in [-0.4, -0.2) is 68.4 Å². The molecule has 0 aromatic carbocycles. The largest absolute Gasteiger partial charge is 0.274 e. The Bertz CT molecular complexity index is 617. The van der Waals surface area contributed by atoms with E-state index >= 15 is 0 Å². The molecule has 0 aromatic rings. The van der Waals surface area contributed by atoms with E-state index in [1.54, 1.807) is 0 Å². The smallest absolute Gasteiger partial charge is 0.253 e. The van der Waals surface area contributed by atoms with Crippen LogP contribution in [0, 0.1) is 5.92 Å². The maximum absolute atomic E-state index is 12.3. The van der Waals surface area contributed by atoms with Gasteiger partial charge in [0.05, 0.1) is 12.5 Å². The molecule has 0 aromatic heterocycles. The molecule has 0 unspecified atom stereocenters.